The summed E-state index contributed by atoms with van der Waals surface area (Å²) < 4.78 is 4.76. The molecule has 0 aliphatic heterocycles. The Kier molecular flexibility index (Phi) is 4.81. The van der Waals surface area contributed by atoms with Gasteiger partial charge < -0.3 is 0 Å². The van der Waals surface area contributed by atoms with Gasteiger partial charge in [-0.2, -0.15) is 0 Å². The van der Waals surface area contributed by atoms with Gasteiger partial charge in [0.2, 0.25) is 5.95 Å². The second kappa shape index (κ2) is 8.89. The lowest BCUT2D eigenvalue weighted by Crippen LogP contribution is -2.02. The standard InChI is InChI=1S/C38H21N5S/c1-2-10-22(11-3-1)37-39-20-28-23-12-4-5-13-24(23)29-21-40-38(42-35(29)34(28)41-37)43-30-16-8-6-14-25(30)26-18-19-32-33(36(26)43)27-15-7-9-17-31(27)44-32/h1-21H. The van der Waals surface area contributed by atoms with E-state index in [2.05, 4.69) is 89.5 Å². The predicted molar refractivity (Wildman–Crippen MR) is 183 cm³/mol. The third kappa shape index (κ3) is 3.23. The monoisotopic (exact) mass is 579 g/mol. The molecule has 6 heteroatoms. The van der Waals surface area contributed by atoms with Crippen LogP contribution in [0.4, 0.5) is 0 Å². The van der Waals surface area contributed by atoms with Crippen molar-refractivity contribution in [3.8, 4) is 17.3 Å². The molecule has 0 amide bonds. The number of fused-ring (bicyclic) bond motifs is 13. The van der Waals surface area contributed by atoms with Crippen LogP contribution < -0.4 is 0 Å². The number of rotatable bonds is 2. The minimum absolute atomic E-state index is 0.628. The first-order chi connectivity index (χ1) is 21.8. The summed E-state index contributed by atoms with van der Waals surface area (Å²) in [7, 11) is 0. The molecule has 204 valence electrons. The molecule has 44 heavy (non-hydrogen) atoms. The van der Waals surface area contributed by atoms with Crippen molar-refractivity contribution in [1.82, 2.24) is 24.5 Å². The first-order valence-electron chi connectivity index (χ1n) is 14.6. The number of thiophene rings is 1. The molecule has 0 saturated heterocycles. The second-order valence-corrected chi connectivity index (χ2v) is 12.2. The topological polar surface area (TPSA) is 56.5 Å². The van der Waals surface area contributed by atoms with E-state index >= 15 is 0 Å². The van der Waals surface area contributed by atoms with Crippen LogP contribution in [0.15, 0.2) is 128 Å². The Morgan fingerprint density at radius 1 is 0.477 bits per heavy atom. The van der Waals surface area contributed by atoms with Gasteiger partial charge in [0.15, 0.2) is 5.82 Å². The van der Waals surface area contributed by atoms with Crippen LogP contribution in [-0.4, -0.2) is 24.5 Å². The lowest BCUT2D eigenvalue weighted by molar-refractivity contribution is 1.01. The van der Waals surface area contributed by atoms with Crippen molar-refractivity contribution in [3.63, 3.8) is 0 Å². The van der Waals surface area contributed by atoms with Crippen molar-refractivity contribution >= 4 is 85.9 Å². The van der Waals surface area contributed by atoms with Crippen molar-refractivity contribution in [2.75, 3.05) is 0 Å². The number of para-hydroxylation sites is 1. The largest absolute Gasteiger partial charge is 0.277 e. The smallest absolute Gasteiger partial charge is 0.235 e. The van der Waals surface area contributed by atoms with Gasteiger partial charge >= 0.3 is 0 Å². The highest BCUT2D eigenvalue weighted by molar-refractivity contribution is 7.26. The highest BCUT2D eigenvalue weighted by atomic mass is 32.1. The molecule has 0 spiro atoms. The molecule has 0 aliphatic rings. The fourth-order valence-electron chi connectivity index (χ4n) is 6.77. The van der Waals surface area contributed by atoms with E-state index in [0.717, 1.165) is 49.2 Å². The van der Waals surface area contributed by atoms with E-state index in [1.54, 1.807) is 0 Å². The Morgan fingerprint density at radius 3 is 1.95 bits per heavy atom. The number of nitrogens with zero attached hydrogens (tertiary/aromatic N) is 5. The normalized spacial score (nSPS) is 12.1. The quantitative estimate of drug-likeness (QED) is 0.191. The zero-order valence-corrected chi connectivity index (χ0v) is 24.1. The molecule has 0 unspecified atom stereocenters. The Bertz CT molecular complexity index is 2780. The molecule has 0 fully saturated rings. The molecule has 10 aromatic rings. The van der Waals surface area contributed by atoms with E-state index < -0.39 is 0 Å². The minimum Gasteiger partial charge on any atom is -0.277 e. The SMILES string of the molecule is c1ccc(-c2ncc3c4ccccc4c4cnc(-n5c6ccccc6c6ccc7sc8ccccc8c7c65)nc4c3n2)cc1. The lowest BCUT2D eigenvalue weighted by atomic mass is 10.0. The fourth-order valence-corrected chi connectivity index (χ4v) is 7.88. The van der Waals surface area contributed by atoms with Gasteiger partial charge in [-0.05, 0) is 29.0 Å². The van der Waals surface area contributed by atoms with Gasteiger partial charge in [0.1, 0.15) is 11.0 Å². The van der Waals surface area contributed by atoms with Crippen LogP contribution >= 0.6 is 11.3 Å². The van der Waals surface area contributed by atoms with E-state index in [9.17, 15) is 0 Å². The van der Waals surface area contributed by atoms with Crippen LogP contribution in [0.5, 0.6) is 0 Å². The third-order valence-electron chi connectivity index (χ3n) is 8.70. The summed E-state index contributed by atoms with van der Waals surface area (Å²) in [5.74, 6) is 1.31. The van der Waals surface area contributed by atoms with Gasteiger partial charge in [-0.1, -0.05) is 97.1 Å². The molecule has 0 bridgehead atoms. The van der Waals surface area contributed by atoms with E-state index in [1.807, 2.05) is 54.1 Å². The van der Waals surface area contributed by atoms with Crippen molar-refractivity contribution in [1.29, 1.82) is 0 Å². The zero-order chi connectivity index (χ0) is 28.8. The van der Waals surface area contributed by atoms with Crippen LogP contribution in [0.25, 0.3) is 91.9 Å². The summed E-state index contributed by atoms with van der Waals surface area (Å²) in [5.41, 5.74) is 4.82. The molecule has 0 N–H and O–H groups in total. The van der Waals surface area contributed by atoms with Gasteiger partial charge in [0, 0.05) is 59.7 Å². The summed E-state index contributed by atoms with van der Waals surface area (Å²) in [5, 5.41) is 8.99. The second-order valence-electron chi connectivity index (χ2n) is 11.1. The third-order valence-corrected chi connectivity index (χ3v) is 9.84. The average Bonchev–Trinajstić information content (AvgIpc) is 3.64. The molecule has 4 heterocycles. The Hall–Kier alpha value is -5.72. The number of benzene rings is 6. The Labute approximate surface area is 254 Å². The van der Waals surface area contributed by atoms with Crippen molar-refractivity contribution < 1.29 is 0 Å². The highest BCUT2D eigenvalue weighted by Gasteiger charge is 2.21. The molecule has 0 aliphatic carbocycles. The molecule has 0 atom stereocenters. The van der Waals surface area contributed by atoms with Crippen molar-refractivity contribution in [2.45, 2.75) is 0 Å². The summed E-state index contributed by atoms with van der Waals surface area (Å²) in [6.45, 7) is 0. The predicted octanol–water partition coefficient (Wildman–Crippen LogP) is 9.86. The maximum absolute atomic E-state index is 5.37. The van der Waals surface area contributed by atoms with Gasteiger partial charge in [0.25, 0.3) is 0 Å². The molecule has 6 aromatic carbocycles. The van der Waals surface area contributed by atoms with Crippen LogP contribution in [0, 0.1) is 0 Å². The minimum atomic E-state index is 0.628. The molecule has 10 rings (SSSR count). The fraction of sp³-hybridized carbons (Fsp3) is 0. The van der Waals surface area contributed by atoms with Crippen molar-refractivity contribution in [3.05, 3.63) is 128 Å². The summed E-state index contributed by atoms with van der Waals surface area (Å²) in [4.78, 5) is 20.4. The maximum atomic E-state index is 5.37. The van der Waals surface area contributed by atoms with E-state index in [0.29, 0.717) is 11.8 Å². The van der Waals surface area contributed by atoms with Crippen LogP contribution in [0.2, 0.25) is 0 Å². The first kappa shape index (κ1) is 23.8. The Balaban J connectivity index is 1.37. The first-order valence-corrected chi connectivity index (χ1v) is 15.4. The number of hydrogen-bond acceptors (Lipinski definition) is 5. The van der Waals surface area contributed by atoms with Gasteiger partial charge in [0.05, 0.1) is 11.0 Å². The number of hydrogen-bond donors (Lipinski definition) is 0. The molecule has 0 saturated carbocycles. The maximum Gasteiger partial charge on any atom is 0.235 e. The zero-order valence-electron chi connectivity index (χ0n) is 23.3. The van der Waals surface area contributed by atoms with Gasteiger partial charge in [-0.15, -0.1) is 11.3 Å². The molecular formula is C38H21N5S. The van der Waals surface area contributed by atoms with E-state index in [1.165, 1.54) is 30.9 Å². The number of aromatic nitrogens is 5. The Morgan fingerprint density at radius 2 is 1.14 bits per heavy atom. The van der Waals surface area contributed by atoms with Crippen LogP contribution in [0.3, 0.4) is 0 Å². The van der Waals surface area contributed by atoms with Gasteiger partial charge in [-0.3, -0.25) is 4.57 Å². The lowest BCUT2D eigenvalue weighted by Gasteiger charge is -2.12. The van der Waals surface area contributed by atoms with Crippen molar-refractivity contribution in [2.24, 2.45) is 0 Å². The average molecular weight is 580 g/mol. The van der Waals surface area contributed by atoms with Crippen LogP contribution in [0.1, 0.15) is 0 Å². The molecule has 5 nitrogen and oxygen atoms in total. The van der Waals surface area contributed by atoms with E-state index in [4.69, 9.17) is 19.9 Å². The molecular weight excluding hydrogens is 559 g/mol. The summed E-state index contributed by atoms with van der Waals surface area (Å²) in [6.07, 6.45) is 3.91. The van der Waals surface area contributed by atoms with Crippen LogP contribution in [-0.2, 0) is 0 Å². The summed E-state index contributed by atoms with van der Waals surface area (Å²) in [6, 6.07) is 40.2. The van der Waals surface area contributed by atoms with E-state index in [-0.39, 0.29) is 0 Å². The van der Waals surface area contributed by atoms with Gasteiger partial charge in [-0.25, -0.2) is 19.9 Å². The summed E-state index contributed by atoms with van der Waals surface area (Å²) >= 11 is 1.82. The molecule has 0 radical (unpaired) electrons. The highest BCUT2D eigenvalue weighted by Crippen LogP contribution is 2.43. The molecule has 4 aromatic heterocycles.